The first-order valence-electron chi connectivity index (χ1n) is 6.98. The maximum Gasteiger partial charge on any atom is 0.339 e. The van der Waals surface area contributed by atoms with E-state index >= 15 is 0 Å². The summed E-state index contributed by atoms with van der Waals surface area (Å²) < 4.78 is 10.4. The molecule has 1 aromatic heterocycles. The molecule has 0 atom stereocenters. The average Bonchev–Trinajstić information content (AvgIpc) is 2.59. The molecule has 0 fully saturated rings. The largest absolute Gasteiger partial charge is 0.493 e. The molecule has 3 aromatic rings. The number of fused-ring (bicyclic) bond motifs is 1. The zero-order valence-electron chi connectivity index (χ0n) is 12.7. The van der Waals surface area contributed by atoms with Gasteiger partial charge in [0.05, 0.1) is 19.7 Å². The van der Waals surface area contributed by atoms with E-state index in [1.54, 1.807) is 18.3 Å². The summed E-state index contributed by atoms with van der Waals surface area (Å²) in [6.45, 7) is 0. The van der Waals surface area contributed by atoms with E-state index in [2.05, 4.69) is 4.98 Å². The molecule has 0 aliphatic carbocycles. The minimum atomic E-state index is -1.07. The van der Waals surface area contributed by atoms with Crippen LogP contribution in [0.3, 0.4) is 0 Å². The summed E-state index contributed by atoms with van der Waals surface area (Å²) in [4.78, 5) is 15.9. The van der Waals surface area contributed by atoms with Crippen LogP contribution in [0.5, 0.6) is 11.5 Å². The van der Waals surface area contributed by atoms with Crippen LogP contribution in [-0.4, -0.2) is 30.3 Å². The van der Waals surface area contributed by atoms with Crippen LogP contribution in [-0.2, 0) is 0 Å². The van der Waals surface area contributed by atoms with Crippen molar-refractivity contribution in [3.63, 3.8) is 0 Å². The first kappa shape index (κ1) is 14.8. The van der Waals surface area contributed by atoms with E-state index in [-0.39, 0.29) is 11.3 Å². The number of hydrogen-bond donors (Lipinski definition) is 1. The summed E-state index contributed by atoms with van der Waals surface area (Å²) in [5.41, 5.74) is 2.45. The number of carbonyl (C=O) groups is 1. The lowest BCUT2D eigenvalue weighted by Gasteiger charge is -2.13. The van der Waals surface area contributed by atoms with Gasteiger partial charge in [0, 0.05) is 17.1 Å². The molecule has 0 aliphatic heterocycles. The summed E-state index contributed by atoms with van der Waals surface area (Å²) in [7, 11) is 2.90. The molecule has 1 heterocycles. The lowest BCUT2D eigenvalue weighted by molar-refractivity contribution is 0.0692. The summed E-state index contributed by atoms with van der Waals surface area (Å²) in [6, 6.07) is 13.0. The van der Waals surface area contributed by atoms with E-state index in [0.29, 0.717) is 11.3 Å². The van der Waals surface area contributed by atoms with Gasteiger partial charge in [0.15, 0.2) is 11.5 Å². The minimum Gasteiger partial charge on any atom is -0.493 e. The fourth-order valence-corrected chi connectivity index (χ4v) is 2.52. The molecule has 2 aromatic carbocycles. The Bertz CT molecular complexity index is 889. The predicted molar refractivity (Wildman–Crippen MR) is 87.2 cm³/mol. The van der Waals surface area contributed by atoms with Crippen molar-refractivity contribution in [3.05, 3.63) is 54.2 Å². The van der Waals surface area contributed by atoms with Crippen LogP contribution in [0.15, 0.2) is 48.7 Å². The number of benzene rings is 2. The number of carboxylic acids is 1. The van der Waals surface area contributed by atoms with Crippen molar-refractivity contribution in [2.75, 3.05) is 14.2 Å². The minimum absolute atomic E-state index is 0.0509. The van der Waals surface area contributed by atoms with E-state index in [1.807, 2.05) is 30.3 Å². The highest BCUT2D eigenvalue weighted by Gasteiger charge is 2.18. The van der Waals surface area contributed by atoms with Gasteiger partial charge in [0.2, 0.25) is 0 Å². The average molecular weight is 309 g/mol. The van der Waals surface area contributed by atoms with E-state index < -0.39 is 5.97 Å². The van der Waals surface area contributed by atoms with Crippen LogP contribution < -0.4 is 9.47 Å². The van der Waals surface area contributed by atoms with Crippen LogP contribution in [0, 0.1) is 0 Å². The number of methoxy groups -OCH3 is 2. The van der Waals surface area contributed by atoms with E-state index in [0.717, 1.165) is 16.5 Å². The molecule has 0 spiro atoms. The molecule has 3 rings (SSSR count). The van der Waals surface area contributed by atoms with Crippen molar-refractivity contribution >= 4 is 16.9 Å². The Morgan fingerprint density at radius 3 is 2.52 bits per heavy atom. The highest BCUT2D eigenvalue weighted by Crippen LogP contribution is 2.36. The fourth-order valence-electron chi connectivity index (χ4n) is 2.52. The van der Waals surface area contributed by atoms with Gasteiger partial charge in [-0.2, -0.15) is 0 Å². The molecule has 0 amide bonds. The number of ether oxygens (including phenoxy) is 2. The molecule has 0 saturated heterocycles. The third-order valence-corrected chi connectivity index (χ3v) is 3.63. The monoisotopic (exact) mass is 309 g/mol. The quantitative estimate of drug-likeness (QED) is 0.797. The number of hydrogen-bond acceptors (Lipinski definition) is 4. The Labute approximate surface area is 133 Å². The molecule has 23 heavy (non-hydrogen) atoms. The van der Waals surface area contributed by atoms with Crippen molar-refractivity contribution in [2.45, 2.75) is 0 Å². The molecular weight excluding hydrogens is 294 g/mol. The third kappa shape index (κ3) is 2.68. The van der Waals surface area contributed by atoms with Gasteiger partial charge in [0.1, 0.15) is 5.56 Å². The van der Waals surface area contributed by atoms with E-state index in [9.17, 15) is 9.90 Å². The Kier molecular flexibility index (Phi) is 3.85. The molecule has 5 heteroatoms. The Morgan fingerprint density at radius 1 is 1.04 bits per heavy atom. The molecule has 0 saturated carbocycles. The number of para-hydroxylation sites is 1. The normalized spacial score (nSPS) is 10.5. The van der Waals surface area contributed by atoms with Crippen LogP contribution in [0.2, 0.25) is 0 Å². The number of pyridine rings is 1. The van der Waals surface area contributed by atoms with Gasteiger partial charge < -0.3 is 14.6 Å². The summed E-state index contributed by atoms with van der Waals surface area (Å²) >= 11 is 0. The fraction of sp³-hybridized carbons (Fsp3) is 0.111. The molecule has 0 unspecified atom stereocenters. The molecule has 5 nitrogen and oxygen atoms in total. The molecule has 0 radical (unpaired) electrons. The SMILES string of the molecule is COc1cc(-c2cnc3ccccc3c2)cc(C(=O)O)c1OC. The van der Waals surface area contributed by atoms with Crippen molar-refractivity contribution < 1.29 is 19.4 Å². The van der Waals surface area contributed by atoms with Crippen molar-refractivity contribution in [3.8, 4) is 22.6 Å². The van der Waals surface area contributed by atoms with Gasteiger partial charge >= 0.3 is 5.97 Å². The Hall–Kier alpha value is -3.08. The predicted octanol–water partition coefficient (Wildman–Crippen LogP) is 3.62. The summed E-state index contributed by atoms with van der Waals surface area (Å²) in [5.74, 6) is -0.496. The number of nitrogens with zero attached hydrogens (tertiary/aromatic N) is 1. The van der Waals surface area contributed by atoms with Crippen LogP contribution >= 0.6 is 0 Å². The van der Waals surface area contributed by atoms with Crippen LogP contribution in [0.1, 0.15) is 10.4 Å². The highest BCUT2D eigenvalue weighted by atomic mass is 16.5. The van der Waals surface area contributed by atoms with Gasteiger partial charge in [0.25, 0.3) is 0 Å². The zero-order chi connectivity index (χ0) is 16.4. The molecular formula is C18H15NO4. The van der Waals surface area contributed by atoms with Crippen molar-refractivity contribution in [1.29, 1.82) is 0 Å². The molecule has 116 valence electrons. The lowest BCUT2D eigenvalue weighted by atomic mass is 10.0. The van der Waals surface area contributed by atoms with Crippen molar-refractivity contribution in [1.82, 2.24) is 4.98 Å². The number of rotatable bonds is 4. The Balaban J connectivity index is 2.21. The smallest absolute Gasteiger partial charge is 0.339 e. The number of carboxylic acid groups (broad SMARTS) is 1. The van der Waals surface area contributed by atoms with Crippen LogP contribution in [0.4, 0.5) is 0 Å². The maximum absolute atomic E-state index is 11.5. The number of aromatic carboxylic acids is 1. The second-order valence-corrected chi connectivity index (χ2v) is 4.98. The lowest BCUT2D eigenvalue weighted by Crippen LogP contribution is -2.03. The first-order chi connectivity index (χ1) is 11.1. The summed E-state index contributed by atoms with van der Waals surface area (Å²) in [5, 5.41) is 10.4. The van der Waals surface area contributed by atoms with Gasteiger partial charge in [-0.3, -0.25) is 4.98 Å². The Morgan fingerprint density at radius 2 is 1.83 bits per heavy atom. The standard InChI is InChI=1S/C18H15NO4/c1-22-16-9-12(8-14(18(20)21)17(16)23-2)13-7-11-5-3-4-6-15(11)19-10-13/h3-10H,1-2H3,(H,20,21). The van der Waals surface area contributed by atoms with Gasteiger partial charge in [-0.05, 0) is 29.8 Å². The molecule has 0 aliphatic rings. The maximum atomic E-state index is 11.5. The molecule has 1 N–H and O–H groups in total. The molecule has 0 bridgehead atoms. The topological polar surface area (TPSA) is 68.7 Å². The number of aromatic nitrogens is 1. The van der Waals surface area contributed by atoms with Crippen LogP contribution in [0.25, 0.3) is 22.0 Å². The van der Waals surface area contributed by atoms with Gasteiger partial charge in [-0.1, -0.05) is 18.2 Å². The highest BCUT2D eigenvalue weighted by molar-refractivity contribution is 5.94. The van der Waals surface area contributed by atoms with E-state index in [1.165, 1.54) is 14.2 Å². The zero-order valence-corrected chi connectivity index (χ0v) is 12.7. The van der Waals surface area contributed by atoms with E-state index in [4.69, 9.17) is 9.47 Å². The summed E-state index contributed by atoms with van der Waals surface area (Å²) in [6.07, 6.45) is 1.72. The van der Waals surface area contributed by atoms with Crippen molar-refractivity contribution in [2.24, 2.45) is 0 Å². The first-order valence-corrected chi connectivity index (χ1v) is 6.98. The van der Waals surface area contributed by atoms with Gasteiger partial charge in [-0.15, -0.1) is 0 Å². The third-order valence-electron chi connectivity index (χ3n) is 3.63. The second-order valence-electron chi connectivity index (χ2n) is 4.98. The van der Waals surface area contributed by atoms with Gasteiger partial charge in [-0.25, -0.2) is 4.79 Å². The second kappa shape index (κ2) is 5.96.